The summed E-state index contributed by atoms with van der Waals surface area (Å²) in [7, 11) is 0. The fourth-order valence-corrected chi connectivity index (χ4v) is 2.90. The van der Waals surface area contributed by atoms with Crippen molar-refractivity contribution in [3.63, 3.8) is 0 Å². The van der Waals surface area contributed by atoms with Gasteiger partial charge in [-0.25, -0.2) is 4.79 Å². The van der Waals surface area contributed by atoms with Gasteiger partial charge in [-0.05, 0) is 19.9 Å². The smallest absolute Gasteiger partial charge is 0.343 e. The topological polar surface area (TPSA) is 100 Å². The maximum Gasteiger partial charge on any atom is 0.343 e. The van der Waals surface area contributed by atoms with E-state index in [1.54, 1.807) is 19.1 Å². The van der Waals surface area contributed by atoms with E-state index >= 15 is 0 Å². The van der Waals surface area contributed by atoms with Crippen LogP contribution in [0.3, 0.4) is 0 Å². The molecule has 0 aliphatic rings. The summed E-state index contributed by atoms with van der Waals surface area (Å²) < 4.78 is 4.78. The van der Waals surface area contributed by atoms with Gasteiger partial charge in [-0.2, -0.15) is 5.26 Å². The first-order valence-electron chi connectivity index (χ1n) is 7.53. The zero-order valence-electron chi connectivity index (χ0n) is 13.8. The molecule has 7 heteroatoms. The predicted octanol–water partition coefficient (Wildman–Crippen LogP) is 2.71. The van der Waals surface area contributed by atoms with Gasteiger partial charge in [0.15, 0.2) is 5.78 Å². The van der Waals surface area contributed by atoms with Crippen LogP contribution in [0.5, 0.6) is 0 Å². The number of hydrogen-bond donors (Lipinski definition) is 1. The molecule has 0 unspecified atom stereocenters. The molecule has 0 radical (unpaired) electrons. The van der Waals surface area contributed by atoms with Gasteiger partial charge in [-0.3, -0.25) is 9.59 Å². The number of esters is 1. The molecule has 6 nitrogen and oxygen atoms in total. The number of carbonyl (C=O) groups is 2. The number of aromatic amines is 1. The van der Waals surface area contributed by atoms with E-state index in [9.17, 15) is 19.6 Å². The highest BCUT2D eigenvalue weighted by Gasteiger charge is 2.17. The lowest BCUT2D eigenvalue weighted by Gasteiger charge is -2.06. The van der Waals surface area contributed by atoms with E-state index in [1.165, 1.54) is 6.07 Å². The Balaban J connectivity index is 2.19. The Kier molecular flexibility index (Phi) is 6.14. The summed E-state index contributed by atoms with van der Waals surface area (Å²) in [6, 6.07) is 10.3. The third kappa shape index (κ3) is 4.58. The van der Waals surface area contributed by atoms with E-state index in [1.807, 2.05) is 25.1 Å². The SMILES string of the molecule is CCOC(=O)c1cc(C#N)c(SCC(=O)c2ccc(C)cc2)[nH]c1=O. The van der Waals surface area contributed by atoms with Crippen LogP contribution < -0.4 is 5.56 Å². The number of ether oxygens (including phenoxy) is 1. The van der Waals surface area contributed by atoms with Crippen molar-refractivity contribution in [1.82, 2.24) is 4.98 Å². The quantitative estimate of drug-likeness (QED) is 0.485. The second-order valence-electron chi connectivity index (χ2n) is 5.17. The monoisotopic (exact) mass is 356 g/mol. The zero-order valence-corrected chi connectivity index (χ0v) is 14.6. The summed E-state index contributed by atoms with van der Waals surface area (Å²) in [4.78, 5) is 38.4. The van der Waals surface area contributed by atoms with E-state index in [2.05, 4.69) is 4.98 Å². The third-order valence-corrected chi connectivity index (χ3v) is 4.36. The summed E-state index contributed by atoms with van der Waals surface area (Å²) in [6.45, 7) is 3.68. The minimum absolute atomic E-state index is 0.0619. The van der Waals surface area contributed by atoms with Gasteiger partial charge in [0, 0.05) is 5.56 Å². The average molecular weight is 356 g/mol. The van der Waals surface area contributed by atoms with Gasteiger partial charge in [0.05, 0.1) is 22.9 Å². The lowest BCUT2D eigenvalue weighted by atomic mass is 10.1. The van der Waals surface area contributed by atoms with Gasteiger partial charge < -0.3 is 9.72 Å². The first kappa shape index (κ1) is 18.5. The van der Waals surface area contributed by atoms with Gasteiger partial charge >= 0.3 is 5.97 Å². The Bertz CT molecular complexity index is 895. The Morgan fingerprint density at radius 3 is 2.56 bits per heavy atom. The summed E-state index contributed by atoms with van der Waals surface area (Å²) in [5.74, 6) is -0.844. The molecule has 0 saturated heterocycles. The van der Waals surface area contributed by atoms with Crippen molar-refractivity contribution in [2.45, 2.75) is 18.9 Å². The van der Waals surface area contributed by atoms with E-state index < -0.39 is 11.5 Å². The maximum absolute atomic E-state index is 12.2. The largest absolute Gasteiger partial charge is 0.462 e. The predicted molar refractivity (Wildman–Crippen MR) is 94.0 cm³/mol. The molecule has 1 N–H and O–H groups in total. The Morgan fingerprint density at radius 1 is 1.28 bits per heavy atom. The van der Waals surface area contributed by atoms with Crippen molar-refractivity contribution in [1.29, 1.82) is 5.26 Å². The second-order valence-corrected chi connectivity index (χ2v) is 6.15. The zero-order chi connectivity index (χ0) is 18.4. The van der Waals surface area contributed by atoms with Crippen molar-refractivity contribution < 1.29 is 14.3 Å². The van der Waals surface area contributed by atoms with Crippen LogP contribution in [0.2, 0.25) is 0 Å². The number of thioether (sulfide) groups is 1. The Labute approximate surface area is 148 Å². The van der Waals surface area contributed by atoms with Crippen LogP contribution in [-0.4, -0.2) is 29.1 Å². The van der Waals surface area contributed by atoms with Crippen LogP contribution in [0, 0.1) is 18.3 Å². The number of benzene rings is 1. The molecule has 1 aromatic heterocycles. The molecule has 1 heterocycles. The highest BCUT2D eigenvalue weighted by Crippen LogP contribution is 2.21. The number of rotatable bonds is 6. The summed E-state index contributed by atoms with van der Waals surface area (Å²) >= 11 is 1.05. The number of nitrogens with zero attached hydrogens (tertiary/aromatic N) is 1. The van der Waals surface area contributed by atoms with Gasteiger partial charge in [0.2, 0.25) is 0 Å². The van der Waals surface area contributed by atoms with Crippen molar-refractivity contribution >= 4 is 23.5 Å². The molecular formula is C18H16N2O4S. The molecule has 0 bridgehead atoms. The van der Waals surface area contributed by atoms with Crippen LogP contribution in [-0.2, 0) is 4.74 Å². The molecule has 25 heavy (non-hydrogen) atoms. The van der Waals surface area contributed by atoms with Gasteiger partial charge in [0.25, 0.3) is 5.56 Å². The maximum atomic E-state index is 12.2. The highest BCUT2D eigenvalue weighted by molar-refractivity contribution is 8.00. The number of aromatic nitrogens is 1. The Hall–Kier alpha value is -2.85. The minimum Gasteiger partial charge on any atom is -0.462 e. The molecule has 0 aliphatic heterocycles. The molecule has 0 atom stereocenters. The van der Waals surface area contributed by atoms with Crippen molar-refractivity contribution in [3.8, 4) is 6.07 Å². The standard InChI is InChI=1S/C18H16N2O4S/c1-3-24-18(23)14-8-13(9-19)17(20-16(14)22)25-10-15(21)12-6-4-11(2)5-7-12/h4-8H,3,10H2,1-2H3,(H,20,22). The molecule has 0 fully saturated rings. The molecule has 0 spiro atoms. The lowest BCUT2D eigenvalue weighted by molar-refractivity contribution is 0.0524. The molecule has 0 aliphatic carbocycles. The first-order valence-corrected chi connectivity index (χ1v) is 8.52. The number of nitriles is 1. The van der Waals surface area contributed by atoms with Crippen LogP contribution in [0.4, 0.5) is 0 Å². The molecular weight excluding hydrogens is 340 g/mol. The van der Waals surface area contributed by atoms with Crippen LogP contribution in [0.25, 0.3) is 0 Å². The lowest BCUT2D eigenvalue weighted by Crippen LogP contribution is -2.21. The van der Waals surface area contributed by atoms with Gasteiger partial charge in [-0.1, -0.05) is 41.6 Å². The van der Waals surface area contributed by atoms with E-state index in [0.717, 1.165) is 17.3 Å². The van der Waals surface area contributed by atoms with E-state index in [-0.39, 0.29) is 34.3 Å². The second kappa shape index (κ2) is 8.31. The van der Waals surface area contributed by atoms with Crippen LogP contribution in [0.1, 0.15) is 38.8 Å². The number of aryl methyl sites for hydroxylation is 1. The fourth-order valence-electron chi connectivity index (χ4n) is 2.03. The van der Waals surface area contributed by atoms with E-state index in [4.69, 9.17) is 4.74 Å². The minimum atomic E-state index is -0.785. The third-order valence-electron chi connectivity index (χ3n) is 3.34. The summed E-state index contributed by atoms with van der Waals surface area (Å²) in [6.07, 6.45) is 0. The van der Waals surface area contributed by atoms with Gasteiger partial charge in [-0.15, -0.1) is 0 Å². The van der Waals surface area contributed by atoms with Crippen molar-refractivity contribution in [3.05, 3.63) is 62.9 Å². The number of hydrogen-bond acceptors (Lipinski definition) is 6. The number of carbonyl (C=O) groups excluding carboxylic acids is 2. The number of ketones is 1. The van der Waals surface area contributed by atoms with Crippen molar-refractivity contribution in [2.24, 2.45) is 0 Å². The number of H-pyrrole nitrogens is 1. The summed E-state index contributed by atoms with van der Waals surface area (Å²) in [5, 5.41) is 9.49. The highest BCUT2D eigenvalue weighted by atomic mass is 32.2. The summed E-state index contributed by atoms with van der Waals surface area (Å²) in [5.41, 5.74) is 0.844. The number of pyridine rings is 1. The van der Waals surface area contributed by atoms with Gasteiger partial charge in [0.1, 0.15) is 11.6 Å². The normalized spacial score (nSPS) is 10.1. The van der Waals surface area contributed by atoms with Crippen LogP contribution in [0.15, 0.2) is 40.2 Å². The number of nitrogens with one attached hydrogen (secondary N) is 1. The molecule has 2 aromatic rings. The Morgan fingerprint density at radius 2 is 1.96 bits per heavy atom. The van der Waals surface area contributed by atoms with Crippen LogP contribution >= 0.6 is 11.8 Å². The first-order chi connectivity index (χ1) is 12.0. The fraction of sp³-hybridized carbons (Fsp3) is 0.222. The molecule has 1 aromatic carbocycles. The molecule has 2 rings (SSSR count). The molecule has 0 saturated carbocycles. The molecule has 0 amide bonds. The van der Waals surface area contributed by atoms with E-state index in [0.29, 0.717) is 5.56 Å². The number of Topliss-reactive ketones (excluding diaryl/α,β-unsaturated/α-hetero) is 1. The molecule has 128 valence electrons. The van der Waals surface area contributed by atoms with Crippen molar-refractivity contribution in [2.75, 3.05) is 12.4 Å². The average Bonchev–Trinajstić information content (AvgIpc) is 2.60.